The van der Waals surface area contributed by atoms with Gasteiger partial charge in [-0.05, 0) is 30.9 Å². The fourth-order valence-electron chi connectivity index (χ4n) is 2.09. The van der Waals surface area contributed by atoms with Gasteiger partial charge in [0.05, 0.1) is 0 Å². The van der Waals surface area contributed by atoms with Crippen molar-refractivity contribution in [1.82, 2.24) is 0 Å². The average Bonchev–Trinajstić information content (AvgIpc) is 2.33. The van der Waals surface area contributed by atoms with Crippen LogP contribution in [-0.4, -0.2) is 11.0 Å². The van der Waals surface area contributed by atoms with Crippen molar-refractivity contribution in [3.05, 3.63) is 0 Å². The molecule has 0 aromatic heterocycles. The molecule has 1 saturated carbocycles. The number of hydrogen-bond acceptors (Lipinski definition) is 1. The molecule has 0 amide bonds. The van der Waals surface area contributed by atoms with Gasteiger partial charge < -0.3 is 0 Å². The highest BCUT2D eigenvalue weighted by atomic mass is 32.2. The monoisotopic (exact) mass is 142 g/mol. The van der Waals surface area contributed by atoms with E-state index < -0.39 is 0 Å². The minimum atomic E-state index is 1.08. The Bertz CT molecular complexity index is 88.7. The SMILES string of the molecule is C1CC[C@@H]2SCC[C@H]2C1. The zero-order valence-electron chi connectivity index (χ0n) is 5.81. The first-order chi connectivity index (χ1) is 4.47. The molecule has 1 aliphatic carbocycles. The summed E-state index contributed by atoms with van der Waals surface area (Å²) in [4.78, 5) is 0. The van der Waals surface area contributed by atoms with Crippen LogP contribution in [0.3, 0.4) is 0 Å². The van der Waals surface area contributed by atoms with Crippen LogP contribution in [0.15, 0.2) is 0 Å². The van der Waals surface area contributed by atoms with Gasteiger partial charge in [0, 0.05) is 5.25 Å². The molecule has 1 aliphatic heterocycles. The van der Waals surface area contributed by atoms with E-state index in [1.54, 1.807) is 0 Å². The van der Waals surface area contributed by atoms with Gasteiger partial charge in [-0.3, -0.25) is 0 Å². The lowest BCUT2D eigenvalue weighted by Crippen LogP contribution is -2.15. The Morgan fingerprint density at radius 1 is 1.00 bits per heavy atom. The molecule has 0 aromatic carbocycles. The molecule has 52 valence electrons. The van der Waals surface area contributed by atoms with Gasteiger partial charge >= 0.3 is 0 Å². The third-order valence-electron chi connectivity index (χ3n) is 2.66. The van der Waals surface area contributed by atoms with E-state index in [9.17, 15) is 0 Å². The molecular formula is C8H14S. The van der Waals surface area contributed by atoms with Crippen LogP contribution in [0.25, 0.3) is 0 Å². The first kappa shape index (κ1) is 6.09. The second-order valence-corrected chi connectivity index (χ2v) is 4.59. The molecule has 9 heavy (non-hydrogen) atoms. The quantitative estimate of drug-likeness (QED) is 0.501. The molecule has 2 rings (SSSR count). The third-order valence-corrected chi connectivity index (χ3v) is 4.18. The van der Waals surface area contributed by atoms with Crippen LogP contribution in [0, 0.1) is 5.92 Å². The summed E-state index contributed by atoms with van der Waals surface area (Å²) in [5, 5.41) is 1.08. The first-order valence-electron chi connectivity index (χ1n) is 4.08. The minimum Gasteiger partial charge on any atom is -0.158 e. The van der Waals surface area contributed by atoms with Gasteiger partial charge in [0.15, 0.2) is 0 Å². The van der Waals surface area contributed by atoms with Crippen LogP contribution in [0.4, 0.5) is 0 Å². The number of rotatable bonds is 0. The van der Waals surface area contributed by atoms with Crippen LogP contribution in [0.1, 0.15) is 32.1 Å². The molecule has 1 saturated heterocycles. The van der Waals surface area contributed by atoms with Gasteiger partial charge in [0.1, 0.15) is 0 Å². The molecule has 0 unspecified atom stereocenters. The fraction of sp³-hybridized carbons (Fsp3) is 1.00. The van der Waals surface area contributed by atoms with Gasteiger partial charge in [0.2, 0.25) is 0 Å². The van der Waals surface area contributed by atoms with E-state index in [2.05, 4.69) is 11.8 Å². The Hall–Kier alpha value is 0.350. The van der Waals surface area contributed by atoms with Crippen LogP contribution in [0.5, 0.6) is 0 Å². The average molecular weight is 142 g/mol. The zero-order chi connectivity index (χ0) is 6.10. The second kappa shape index (κ2) is 2.53. The Balaban J connectivity index is 1.97. The molecule has 0 spiro atoms. The molecule has 0 aromatic rings. The first-order valence-corrected chi connectivity index (χ1v) is 5.13. The van der Waals surface area contributed by atoms with E-state index in [1.807, 2.05) is 0 Å². The van der Waals surface area contributed by atoms with Crippen LogP contribution < -0.4 is 0 Å². The predicted octanol–water partition coefficient (Wildman–Crippen LogP) is 2.68. The maximum absolute atomic E-state index is 2.23. The van der Waals surface area contributed by atoms with Crippen LogP contribution >= 0.6 is 11.8 Å². The lowest BCUT2D eigenvalue weighted by molar-refractivity contribution is 0.378. The van der Waals surface area contributed by atoms with Gasteiger partial charge in [-0.15, -0.1) is 0 Å². The number of thioether (sulfide) groups is 1. The third kappa shape index (κ3) is 1.12. The Kier molecular flexibility index (Phi) is 1.71. The predicted molar refractivity (Wildman–Crippen MR) is 42.8 cm³/mol. The van der Waals surface area contributed by atoms with Crippen LogP contribution in [-0.2, 0) is 0 Å². The van der Waals surface area contributed by atoms with Crippen molar-refractivity contribution in [2.45, 2.75) is 37.4 Å². The molecule has 2 aliphatic rings. The van der Waals surface area contributed by atoms with E-state index in [0.717, 1.165) is 11.2 Å². The highest BCUT2D eigenvalue weighted by Crippen LogP contribution is 2.41. The standard InChI is InChI=1S/C8H14S/c1-2-4-8-7(3-1)5-6-9-8/h7-8H,1-6H2/t7-,8+/m1/s1. The topological polar surface area (TPSA) is 0 Å². The minimum absolute atomic E-state index is 1.08. The largest absolute Gasteiger partial charge is 0.158 e. The van der Waals surface area contributed by atoms with E-state index in [1.165, 1.54) is 37.9 Å². The van der Waals surface area contributed by atoms with E-state index in [0.29, 0.717) is 0 Å². The molecule has 1 heteroatoms. The summed E-state index contributed by atoms with van der Waals surface area (Å²) in [5.41, 5.74) is 0. The van der Waals surface area contributed by atoms with Gasteiger partial charge in [-0.25, -0.2) is 0 Å². The number of fused-ring (bicyclic) bond motifs is 1. The maximum Gasteiger partial charge on any atom is 0.00756 e. The van der Waals surface area contributed by atoms with Crippen molar-refractivity contribution >= 4 is 11.8 Å². The van der Waals surface area contributed by atoms with E-state index in [-0.39, 0.29) is 0 Å². The molecule has 0 N–H and O–H groups in total. The van der Waals surface area contributed by atoms with Crippen molar-refractivity contribution in [3.63, 3.8) is 0 Å². The lowest BCUT2D eigenvalue weighted by atomic mass is 9.87. The highest BCUT2D eigenvalue weighted by Gasteiger charge is 2.29. The summed E-state index contributed by atoms with van der Waals surface area (Å²) in [5.74, 6) is 2.58. The summed E-state index contributed by atoms with van der Waals surface area (Å²) < 4.78 is 0. The summed E-state index contributed by atoms with van der Waals surface area (Å²) in [6.45, 7) is 0. The summed E-state index contributed by atoms with van der Waals surface area (Å²) in [7, 11) is 0. The Morgan fingerprint density at radius 3 is 2.78 bits per heavy atom. The summed E-state index contributed by atoms with van der Waals surface area (Å²) in [6, 6.07) is 0. The molecule has 0 radical (unpaired) electrons. The Labute approximate surface area is 61.4 Å². The molecule has 2 atom stereocenters. The normalized spacial score (nSPS) is 42.7. The maximum atomic E-state index is 2.23. The van der Waals surface area contributed by atoms with E-state index in [4.69, 9.17) is 0 Å². The highest BCUT2D eigenvalue weighted by molar-refractivity contribution is 8.00. The fourth-order valence-corrected chi connectivity index (χ4v) is 3.71. The number of hydrogen-bond donors (Lipinski definition) is 0. The van der Waals surface area contributed by atoms with Gasteiger partial charge in [-0.2, -0.15) is 11.8 Å². The zero-order valence-corrected chi connectivity index (χ0v) is 6.62. The van der Waals surface area contributed by atoms with Gasteiger partial charge in [0.25, 0.3) is 0 Å². The lowest BCUT2D eigenvalue weighted by Gasteiger charge is -2.23. The molecule has 0 bridgehead atoms. The second-order valence-electron chi connectivity index (χ2n) is 3.24. The van der Waals surface area contributed by atoms with Crippen molar-refractivity contribution in [1.29, 1.82) is 0 Å². The van der Waals surface area contributed by atoms with Crippen molar-refractivity contribution in [2.75, 3.05) is 5.75 Å². The van der Waals surface area contributed by atoms with Crippen molar-refractivity contribution in [2.24, 2.45) is 5.92 Å². The van der Waals surface area contributed by atoms with Gasteiger partial charge in [-0.1, -0.05) is 12.8 Å². The molecule has 2 fully saturated rings. The summed E-state index contributed by atoms with van der Waals surface area (Å²) >= 11 is 2.23. The molecular weight excluding hydrogens is 128 g/mol. The van der Waals surface area contributed by atoms with E-state index >= 15 is 0 Å². The van der Waals surface area contributed by atoms with Crippen molar-refractivity contribution in [3.8, 4) is 0 Å². The van der Waals surface area contributed by atoms with Crippen LogP contribution in [0.2, 0.25) is 0 Å². The molecule has 0 nitrogen and oxygen atoms in total. The van der Waals surface area contributed by atoms with Crippen molar-refractivity contribution < 1.29 is 0 Å². The smallest absolute Gasteiger partial charge is 0.00756 e. The molecule has 1 heterocycles. The summed E-state index contributed by atoms with van der Waals surface area (Å²) in [6.07, 6.45) is 7.61. The Morgan fingerprint density at radius 2 is 1.89 bits per heavy atom.